The van der Waals surface area contributed by atoms with Crippen LogP contribution in [0.5, 0.6) is 5.75 Å². The van der Waals surface area contributed by atoms with Gasteiger partial charge in [0.15, 0.2) is 0 Å². The monoisotopic (exact) mass is 552 g/mol. The van der Waals surface area contributed by atoms with Crippen molar-refractivity contribution in [2.45, 2.75) is 37.0 Å². The second-order valence-corrected chi connectivity index (χ2v) is 10.8. The summed E-state index contributed by atoms with van der Waals surface area (Å²) >= 11 is 7.46. The van der Waals surface area contributed by atoms with Crippen molar-refractivity contribution < 1.29 is 27.8 Å². The molecule has 1 aliphatic heterocycles. The lowest BCUT2D eigenvalue weighted by Crippen LogP contribution is -2.45. The molecule has 3 aromatic rings. The predicted octanol–water partition coefficient (Wildman–Crippen LogP) is 6.60. The molecule has 1 fully saturated rings. The van der Waals surface area contributed by atoms with Gasteiger partial charge in [0.05, 0.1) is 28.0 Å². The van der Waals surface area contributed by atoms with Gasteiger partial charge in [-0.15, -0.1) is 11.8 Å². The number of fused-ring (bicyclic) bond motifs is 1. The molecule has 2 heterocycles. The third-order valence-electron chi connectivity index (χ3n) is 7.10. The second-order valence-electron chi connectivity index (χ2n) is 9.30. The number of piperidine rings is 1. The van der Waals surface area contributed by atoms with Crippen molar-refractivity contribution in [3.05, 3.63) is 64.6 Å². The number of aliphatic carboxylic acids is 1. The Balaban J connectivity index is 1.33. The van der Waals surface area contributed by atoms with Crippen LogP contribution in [0.2, 0.25) is 5.02 Å². The molecule has 0 bridgehead atoms. The van der Waals surface area contributed by atoms with Gasteiger partial charge in [0, 0.05) is 36.0 Å². The number of nitrogens with zero attached hydrogens (tertiary/aromatic N) is 2. The number of carbonyl (C=O) groups is 1. The summed E-state index contributed by atoms with van der Waals surface area (Å²) in [6, 6.07) is 6.96. The molecule has 0 aliphatic carbocycles. The maximum absolute atomic E-state index is 13.9. The highest BCUT2D eigenvalue weighted by atomic mass is 35.5. The Bertz CT molecular complexity index is 1260. The van der Waals surface area contributed by atoms with E-state index in [1.165, 1.54) is 0 Å². The highest BCUT2D eigenvalue weighted by Gasteiger charge is 2.40. The molecule has 37 heavy (non-hydrogen) atoms. The molecule has 10 heteroatoms. The van der Waals surface area contributed by atoms with E-state index in [-0.39, 0.29) is 4.90 Å². The lowest BCUT2D eigenvalue weighted by molar-refractivity contribution is -0.152. The molecule has 1 saturated heterocycles. The summed E-state index contributed by atoms with van der Waals surface area (Å²) in [6.45, 7) is 1.71. The number of hydrogen-bond acceptors (Lipinski definition) is 5. The van der Waals surface area contributed by atoms with E-state index in [0.717, 1.165) is 28.2 Å². The second kappa shape index (κ2) is 11.9. The van der Waals surface area contributed by atoms with Crippen LogP contribution in [0.25, 0.3) is 10.9 Å². The van der Waals surface area contributed by atoms with Crippen molar-refractivity contribution in [1.29, 1.82) is 0 Å². The third kappa shape index (κ3) is 6.33. The summed E-state index contributed by atoms with van der Waals surface area (Å²) in [7, 11) is 1.60. The zero-order valence-corrected chi connectivity index (χ0v) is 22.0. The van der Waals surface area contributed by atoms with Gasteiger partial charge in [-0.05, 0) is 69.0 Å². The average molecular weight is 553 g/mol. The van der Waals surface area contributed by atoms with Gasteiger partial charge in [-0.3, -0.25) is 9.78 Å². The number of methoxy groups -OCH3 is 1. The van der Waals surface area contributed by atoms with Gasteiger partial charge >= 0.3 is 5.97 Å². The normalized spacial score (nSPS) is 15.7. The molecular weight excluding hydrogens is 525 g/mol. The Hall–Kier alpha value is -2.49. The molecule has 1 aliphatic rings. The van der Waals surface area contributed by atoms with Crippen molar-refractivity contribution in [2.75, 3.05) is 32.5 Å². The maximum Gasteiger partial charge on any atom is 0.309 e. The number of aromatic nitrogens is 1. The summed E-state index contributed by atoms with van der Waals surface area (Å²) in [5, 5.41) is 11.5. The summed E-state index contributed by atoms with van der Waals surface area (Å²) in [6.07, 6.45) is 4.40. The van der Waals surface area contributed by atoms with E-state index in [1.54, 1.807) is 13.3 Å². The highest BCUT2D eigenvalue weighted by molar-refractivity contribution is 7.99. The predicted molar refractivity (Wildman–Crippen MR) is 139 cm³/mol. The van der Waals surface area contributed by atoms with Gasteiger partial charge in [-0.2, -0.15) is 0 Å². The van der Waals surface area contributed by atoms with Gasteiger partial charge in [0.2, 0.25) is 0 Å². The molecule has 1 N–H and O–H groups in total. The van der Waals surface area contributed by atoms with Crippen LogP contribution >= 0.6 is 23.4 Å². The number of carboxylic acid groups (broad SMARTS) is 1. The summed E-state index contributed by atoms with van der Waals surface area (Å²) in [4.78, 5) is 18.6. The van der Waals surface area contributed by atoms with E-state index in [1.807, 2.05) is 18.2 Å². The first-order valence-electron chi connectivity index (χ1n) is 12.1. The maximum atomic E-state index is 13.9. The van der Waals surface area contributed by atoms with Crippen LogP contribution in [0.3, 0.4) is 0 Å². The van der Waals surface area contributed by atoms with E-state index >= 15 is 0 Å². The molecular formula is C27H28ClF3N2O3S. The number of carboxylic acids is 1. The number of hydrogen-bond donors (Lipinski definition) is 1. The largest absolute Gasteiger partial charge is 0.497 e. The van der Waals surface area contributed by atoms with Crippen LogP contribution in [0, 0.1) is 22.9 Å². The standard InChI is InChI=1S/C27H28ClF3N2O3S/c1-36-18-4-5-24-20(15-18)19(21(28)16-32-24)3-2-6-27(26(34)35)7-9-33(10-8-27)11-12-37-25-22(30)13-17(29)14-23(25)31/h4-5,13-16H,2-3,6-12H2,1H3,(H,34,35). The number of aryl methyl sites for hydroxylation is 1. The molecule has 1 aromatic heterocycles. The molecule has 0 amide bonds. The van der Waals surface area contributed by atoms with E-state index in [0.29, 0.717) is 80.4 Å². The molecule has 5 nitrogen and oxygen atoms in total. The van der Waals surface area contributed by atoms with Gasteiger partial charge in [0.1, 0.15) is 23.2 Å². The molecule has 198 valence electrons. The van der Waals surface area contributed by atoms with Crippen LogP contribution < -0.4 is 4.74 Å². The van der Waals surface area contributed by atoms with Crippen molar-refractivity contribution in [3.8, 4) is 5.75 Å². The Morgan fingerprint density at radius 2 is 1.89 bits per heavy atom. The van der Waals surface area contributed by atoms with Crippen molar-refractivity contribution in [1.82, 2.24) is 9.88 Å². The van der Waals surface area contributed by atoms with Crippen LogP contribution in [-0.2, 0) is 11.2 Å². The first kappa shape index (κ1) is 27.5. The molecule has 4 rings (SSSR count). The molecule has 0 spiro atoms. The Kier molecular flexibility index (Phi) is 8.87. The Morgan fingerprint density at radius 1 is 1.19 bits per heavy atom. The summed E-state index contributed by atoms with van der Waals surface area (Å²) < 4.78 is 46.2. The number of pyridine rings is 1. The van der Waals surface area contributed by atoms with Crippen molar-refractivity contribution >= 4 is 40.2 Å². The minimum Gasteiger partial charge on any atom is -0.497 e. The minimum absolute atomic E-state index is 0.196. The molecule has 0 unspecified atom stereocenters. The van der Waals surface area contributed by atoms with Crippen molar-refractivity contribution in [3.63, 3.8) is 0 Å². The zero-order valence-electron chi connectivity index (χ0n) is 20.4. The zero-order chi connectivity index (χ0) is 26.6. The fourth-order valence-corrected chi connectivity index (χ4v) is 6.10. The van der Waals surface area contributed by atoms with Crippen molar-refractivity contribution in [2.24, 2.45) is 5.41 Å². The molecule has 0 saturated carbocycles. The van der Waals surface area contributed by atoms with Crippen LogP contribution in [0.15, 0.2) is 41.4 Å². The number of likely N-dealkylation sites (tertiary alicyclic amines) is 1. The number of benzene rings is 2. The lowest BCUT2D eigenvalue weighted by atomic mass is 9.74. The molecule has 2 aromatic carbocycles. The Labute approximate surface area is 223 Å². The summed E-state index contributed by atoms with van der Waals surface area (Å²) in [5.74, 6) is -2.45. The molecule has 0 atom stereocenters. The fourth-order valence-electron chi connectivity index (χ4n) is 4.91. The van der Waals surface area contributed by atoms with Gasteiger partial charge in [-0.25, -0.2) is 13.2 Å². The fraction of sp³-hybridized carbons (Fsp3) is 0.407. The highest BCUT2D eigenvalue weighted by Crippen LogP contribution is 2.38. The smallest absolute Gasteiger partial charge is 0.309 e. The summed E-state index contributed by atoms with van der Waals surface area (Å²) in [5.41, 5.74) is 0.909. The van der Waals surface area contributed by atoms with Gasteiger partial charge in [-0.1, -0.05) is 11.6 Å². The van der Waals surface area contributed by atoms with E-state index < -0.39 is 28.8 Å². The number of thioether (sulfide) groups is 1. The van der Waals surface area contributed by atoms with E-state index in [9.17, 15) is 23.1 Å². The number of rotatable bonds is 10. The first-order chi connectivity index (χ1) is 17.7. The number of ether oxygens (including phenoxy) is 1. The van der Waals surface area contributed by atoms with E-state index in [2.05, 4.69) is 9.88 Å². The quantitative estimate of drug-likeness (QED) is 0.286. The van der Waals surface area contributed by atoms with Gasteiger partial charge < -0.3 is 14.7 Å². The molecule has 0 radical (unpaired) electrons. The Morgan fingerprint density at radius 3 is 2.54 bits per heavy atom. The topological polar surface area (TPSA) is 62.7 Å². The minimum atomic E-state index is -0.945. The first-order valence-corrected chi connectivity index (χ1v) is 13.4. The number of halogens is 4. The van der Waals surface area contributed by atoms with Crippen LogP contribution in [0.4, 0.5) is 13.2 Å². The van der Waals surface area contributed by atoms with Crippen LogP contribution in [-0.4, -0.2) is 53.5 Å². The van der Waals surface area contributed by atoms with Crippen LogP contribution in [0.1, 0.15) is 31.2 Å². The SMILES string of the molecule is COc1ccc2ncc(Cl)c(CCCC3(C(=O)O)CCN(CCSc4c(F)cc(F)cc4F)CC3)c2c1. The van der Waals surface area contributed by atoms with Gasteiger partial charge in [0.25, 0.3) is 0 Å². The van der Waals surface area contributed by atoms with E-state index in [4.69, 9.17) is 16.3 Å². The third-order valence-corrected chi connectivity index (χ3v) is 8.49. The lowest BCUT2D eigenvalue weighted by Gasteiger charge is -2.39. The average Bonchev–Trinajstić information content (AvgIpc) is 2.87.